The second-order valence-corrected chi connectivity index (χ2v) is 4.88. The van der Waals surface area contributed by atoms with Crippen molar-refractivity contribution < 1.29 is 4.79 Å². The Hall–Kier alpha value is -2.08. The summed E-state index contributed by atoms with van der Waals surface area (Å²) in [6, 6.07) is 7.35. The minimum absolute atomic E-state index is 0.251. The van der Waals surface area contributed by atoms with Crippen LogP contribution in [0.4, 0.5) is 17.2 Å². The van der Waals surface area contributed by atoms with Crippen molar-refractivity contribution in [1.29, 1.82) is 0 Å². The molecule has 2 aromatic rings. The van der Waals surface area contributed by atoms with Crippen molar-refractivity contribution in [2.75, 3.05) is 11.1 Å². The fraction of sp³-hybridized carbons (Fsp3) is 0.0769. The Kier molecular flexibility index (Phi) is 3.71. The summed E-state index contributed by atoms with van der Waals surface area (Å²) in [5, 5.41) is 3.11. The van der Waals surface area contributed by atoms with Crippen molar-refractivity contribution in [3.8, 4) is 0 Å². The van der Waals surface area contributed by atoms with Crippen LogP contribution in [0.15, 0.2) is 34.9 Å². The van der Waals surface area contributed by atoms with Crippen molar-refractivity contribution in [1.82, 2.24) is 4.98 Å². The fourth-order valence-corrected chi connectivity index (χ4v) is 1.99. The molecule has 19 heavy (non-hydrogen) atoms. The average molecular weight is 321 g/mol. The second kappa shape index (κ2) is 5.27. The van der Waals surface area contributed by atoms with Gasteiger partial charge in [-0.25, -0.2) is 4.98 Å². The Balaban J connectivity index is 2.36. The average Bonchev–Trinajstić information content (AvgIpc) is 2.37. The molecule has 0 fully saturated rings. The van der Waals surface area contributed by atoms with Gasteiger partial charge in [0.25, 0.3) is 5.91 Å². The van der Waals surface area contributed by atoms with Gasteiger partial charge in [0, 0.05) is 4.47 Å². The molecule has 0 radical (unpaired) electrons. The summed E-state index contributed by atoms with van der Waals surface area (Å²) >= 11 is 3.49. The molecule has 0 saturated carbocycles. The highest BCUT2D eigenvalue weighted by atomic mass is 79.9. The van der Waals surface area contributed by atoms with E-state index in [2.05, 4.69) is 26.2 Å². The quantitative estimate of drug-likeness (QED) is 0.810. The van der Waals surface area contributed by atoms with E-state index in [9.17, 15) is 4.79 Å². The lowest BCUT2D eigenvalue weighted by Gasteiger charge is -2.11. The summed E-state index contributed by atoms with van der Waals surface area (Å²) in [6.07, 6.45) is 1.41. The molecule has 5 N–H and O–H groups in total. The number of carbonyl (C=O) groups excluding carboxylic acids is 1. The number of rotatable bonds is 3. The molecular formula is C13H13BrN4O. The zero-order chi connectivity index (χ0) is 14.0. The molecule has 1 aromatic heterocycles. The van der Waals surface area contributed by atoms with E-state index in [0.717, 1.165) is 15.7 Å². The van der Waals surface area contributed by atoms with Crippen LogP contribution in [0.1, 0.15) is 15.9 Å². The molecule has 1 heterocycles. The number of nitrogens with two attached hydrogens (primary N) is 2. The molecule has 5 nitrogen and oxygen atoms in total. The molecule has 0 aliphatic heterocycles. The normalized spacial score (nSPS) is 10.2. The lowest BCUT2D eigenvalue weighted by atomic mass is 10.2. The third kappa shape index (κ3) is 2.85. The maximum Gasteiger partial charge on any atom is 0.250 e. The lowest BCUT2D eigenvalue weighted by molar-refractivity contribution is 0.100. The van der Waals surface area contributed by atoms with Gasteiger partial charge in [-0.2, -0.15) is 0 Å². The van der Waals surface area contributed by atoms with Crippen LogP contribution in [0.2, 0.25) is 0 Å². The minimum Gasteiger partial charge on any atom is -0.397 e. The van der Waals surface area contributed by atoms with Gasteiger partial charge in [0.1, 0.15) is 5.82 Å². The Morgan fingerprint density at radius 2 is 2.16 bits per heavy atom. The SMILES string of the molecule is Cc1cccc(Nc2cc(C(N)=O)c(N)cn2)c1Br. The Morgan fingerprint density at radius 1 is 1.42 bits per heavy atom. The molecular weight excluding hydrogens is 308 g/mol. The smallest absolute Gasteiger partial charge is 0.250 e. The molecule has 0 unspecified atom stereocenters. The molecule has 6 heteroatoms. The second-order valence-electron chi connectivity index (χ2n) is 4.08. The third-order valence-electron chi connectivity index (χ3n) is 2.65. The van der Waals surface area contributed by atoms with Gasteiger partial charge in [0.05, 0.1) is 23.1 Å². The zero-order valence-electron chi connectivity index (χ0n) is 10.3. The summed E-state index contributed by atoms with van der Waals surface area (Å²) in [5.74, 6) is -0.0689. The van der Waals surface area contributed by atoms with Gasteiger partial charge >= 0.3 is 0 Å². The highest BCUT2D eigenvalue weighted by Gasteiger charge is 2.09. The van der Waals surface area contributed by atoms with E-state index >= 15 is 0 Å². The molecule has 0 aliphatic carbocycles. The zero-order valence-corrected chi connectivity index (χ0v) is 11.9. The number of benzene rings is 1. The van der Waals surface area contributed by atoms with Gasteiger partial charge in [-0.1, -0.05) is 12.1 Å². The van der Waals surface area contributed by atoms with Crippen LogP contribution in [0.25, 0.3) is 0 Å². The number of pyridine rings is 1. The van der Waals surface area contributed by atoms with Crippen molar-refractivity contribution >= 4 is 39.0 Å². The predicted molar refractivity (Wildman–Crippen MR) is 79.3 cm³/mol. The molecule has 0 aliphatic rings. The van der Waals surface area contributed by atoms with Crippen LogP contribution in [-0.2, 0) is 0 Å². The maximum absolute atomic E-state index is 11.2. The number of nitrogen functional groups attached to an aromatic ring is 1. The monoisotopic (exact) mass is 320 g/mol. The van der Waals surface area contributed by atoms with Crippen molar-refractivity contribution in [3.05, 3.63) is 46.1 Å². The van der Waals surface area contributed by atoms with Gasteiger partial charge in [0.2, 0.25) is 0 Å². The Morgan fingerprint density at radius 3 is 2.84 bits per heavy atom. The summed E-state index contributed by atoms with van der Waals surface area (Å²) < 4.78 is 0.939. The molecule has 2 rings (SSSR count). The molecule has 98 valence electrons. The van der Waals surface area contributed by atoms with Crippen LogP contribution in [0, 0.1) is 6.92 Å². The first-order valence-electron chi connectivity index (χ1n) is 5.56. The highest BCUT2D eigenvalue weighted by molar-refractivity contribution is 9.10. The van der Waals surface area contributed by atoms with Gasteiger partial charge in [-0.05, 0) is 40.5 Å². The number of carbonyl (C=O) groups is 1. The van der Waals surface area contributed by atoms with Crippen LogP contribution in [0.5, 0.6) is 0 Å². The number of aryl methyl sites for hydroxylation is 1. The molecule has 0 bridgehead atoms. The van der Waals surface area contributed by atoms with E-state index in [1.54, 1.807) is 0 Å². The Bertz CT molecular complexity index is 643. The molecule has 0 spiro atoms. The third-order valence-corrected chi connectivity index (χ3v) is 3.71. The number of hydrogen-bond donors (Lipinski definition) is 3. The summed E-state index contributed by atoms with van der Waals surface area (Å²) in [7, 11) is 0. The molecule has 0 atom stereocenters. The first-order chi connectivity index (χ1) is 8.99. The summed E-state index contributed by atoms with van der Waals surface area (Å²) in [5.41, 5.74) is 13.3. The topological polar surface area (TPSA) is 94.0 Å². The summed E-state index contributed by atoms with van der Waals surface area (Å²) in [6.45, 7) is 1.99. The number of nitrogens with one attached hydrogen (secondary N) is 1. The molecule has 1 aromatic carbocycles. The van der Waals surface area contributed by atoms with E-state index in [1.807, 2.05) is 25.1 Å². The van der Waals surface area contributed by atoms with Crippen molar-refractivity contribution in [2.45, 2.75) is 6.92 Å². The van der Waals surface area contributed by atoms with Crippen LogP contribution in [0.3, 0.4) is 0 Å². The number of amides is 1. The number of aromatic nitrogens is 1. The van der Waals surface area contributed by atoms with Crippen LogP contribution >= 0.6 is 15.9 Å². The highest BCUT2D eigenvalue weighted by Crippen LogP contribution is 2.28. The van der Waals surface area contributed by atoms with E-state index in [-0.39, 0.29) is 11.3 Å². The first kappa shape index (κ1) is 13.4. The van der Waals surface area contributed by atoms with E-state index in [4.69, 9.17) is 11.5 Å². The van der Waals surface area contributed by atoms with Crippen LogP contribution in [-0.4, -0.2) is 10.9 Å². The van der Waals surface area contributed by atoms with Gasteiger partial charge in [-0.15, -0.1) is 0 Å². The first-order valence-corrected chi connectivity index (χ1v) is 6.36. The largest absolute Gasteiger partial charge is 0.397 e. The Labute approximate surface area is 119 Å². The van der Waals surface area contributed by atoms with Crippen molar-refractivity contribution in [2.24, 2.45) is 5.73 Å². The number of anilines is 3. The number of primary amides is 1. The van der Waals surface area contributed by atoms with E-state index in [0.29, 0.717) is 5.82 Å². The number of halogens is 1. The van der Waals surface area contributed by atoms with Gasteiger partial charge < -0.3 is 16.8 Å². The molecule has 0 saturated heterocycles. The number of nitrogens with zero attached hydrogens (tertiary/aromatic N) is 1. The standard InChI is InChI=1S/C13H13BrN4O/c1-7-3-2-4-10(12(7)14)18-11-5-8(13(16)19)9(15)6-17-11/h2-6H,15H2,1H3,(H2,16,19)(H,17,18). The van der Waals surface area contributed by atoms with Crippen LogP contribution < -0.4 is 16.8 Å². The van der Waals surface area contributed by atoms with E-state index in [1.165, 1.54) is 12.3 Å². The fourth-order valence-electron chi connectivity index (χ4n) is 1.63. The lowest BCUT2D eigenvalue weighted by Crippen LogP contribution is -2.14. The summed E-state index contributed by atoms with van der Waals surface area (Å²) in [4.78, 5) is 15.3. The van der Waals surface area contributed by atoms with Gasteiger partial charge in [-0.3, -0.25) is 4.79 Å². The van der Waals surface area contributed by atoms with Crippen molar-refractivity contribution in [3.63, 3.8) is 0 Å². The van der Waals surface area contributed by atoms with Gasteiger partial charge in [0.15, 0.2) is 0 Å². The minimum atomic E-state index is -0.578. The van der Waals surface area contributed by atoms with E-state index < -0.39 is 5.91 Å². The number of hydrogen-bond acceptors (Lipinski definition) is 4. The molecule has 1 amide bonds. The maximum atomic E-state index is 11.2. The predicted octanol–water partition coefficient (Wildman–Crippen LogP) is 2.58.